The fraction of sp³-hybridized carbons (Fsp3) is 0.750. The number of carbonyl (C=O) groups is 3. The van der Waals surface area contributed by atoms with Crippen LogP contribution >= 0.6 is 0 Å². The monoisotopic (exact) mass is 288 g/mol. The van der Waals surface area contributed by atoms with Crippen LogP contribution in [0.4, 0.5) is 4.79 Å². The van der Waals surface area contributed by atoms with Crippen LogP contribution in [0.25, 0.3) is 0 Å². The number of nitrogens with zero attached hydrogens (tertiary/aromatic N) is 1. The highest BCUT2D eigenvalue weighted by atomic mass is 16.4. The van der Waals surface area contributed by atoms with Crippen molar-refractivity contribution in [2.45, 2.75) is 44.2 Å². The molecule has 1 rings (SSSR count). The molecule has 0 radical (unpaired) electrons. The smallest absolute Gasteiger partial charge is 0.326 e. The van der Waals surface area contributed by atoms with Crippen molar-refractivity contribution >= 4 is 18.0 Å². The molecule has 1 saturated heterocycles. The van der Waals surface area contributed by atoms with Crippen LogP contribution in [0.5, 0.6) is 0 Å². The number of hydrogen-bond acceptors (Lipinski definition) is 4. The van der Waals surface area contributed by atoms with Crippen molar-refractivity contribution in [3.63, 3.8) is 0 Å². The molecule has 1 fully saturated rings. The van der Waals surface area contributed by atoms with E-state index in [1.54, 1.807) is 0 Å². The molecule has 0 aromatic rings. The molecular weight excluding hydrogens is 268 g/mol. The van der Waals surface area contributed by atoms with E-state index in [9.17, 15) is 14.4 Å². The number of amides is 2. The Morgan fingerprint density at radius 1 is 1.25 bits per heavy atom. The van der Waals surface area contributed by atoms with E-state index in [-0.39, 0.29) is 12.6 Å². The Bertz CT molecular complexity index is 371. The minimum Gasteiger partial charge on any atom is -0.481 e. The maximum absolute atomic E-state index is 12.1. The maximum Gasteiger partial charge on any atom is 0.326 e. The molecule has 0 aliphatic carbocycles. The number of carboxylic acids is 2. The zero-order valence-corrected chi connectivity index (χ0v) is 11.1. The Hall–Kier alpha value is -1.83. The predicted octanol–water partition coefficient (Wildman–Crippen LogP) is -0.139. The van der Waals surface area contributed by atoms with Crippen LogP contribution in [-0.4, -0.2) is 63.4 Å². The lowest BCUT2D eigenvalue weighted by Crippen LogP contribution is -2.53. The Kier molecular flexibility index (Phi) is 6.23. The van der Waals surface area contributed by atoms with E-state index in [4.69, 9.17) is 15.3 Å². The van der Waals surface area contributed by atoms with E-state index in [0.717, 1.165) is 19.3 Å². The standard InChI is InChI=1S/C12H20N2O6/c15-6-4-8-3-1-2-5-14(8)12(20)13-9(11(18)19)7-10(16)17/h8-9,15H,1-7H2,(H,13,20)(H,16,17)(H,18,19). The highest BCUT2D eigenvalue weighted by Crippen LogP contribution is 2.19. The fourth-order valence-electron chi connectivity index (χ4n) is 2.32. The van der Waals surface area contributed by atoms with Gasteiger partial charge in [-0.3, -0.25) is 4.79 Å². The summed E-state index contributed by atoms with van der Waals surface area (Å²) >= 11 is 0. The van der Waals surface area contributed by atoms with Gasteiger partial charge in [-0.25, -0.2) is 9.59 Å². The Morgan fingerprint density at radius 3 is 2.50 bits per heavy atom. The van der Waals surface area contributed by atoms with E-state index in [2.05, 4.69) is 5.32 Å². The number of carboxylic acid groups (broad SMARTS) is 2. The molecule has 8 nitrogen and oxygen atoms in total. The Balaban J connectivity index is 2.65. The second-order valence-electron chi connectivity index (χ2n) is 4.79. The summed E-state index contributed by atoms with van der Waals surface area (Å²) in [6, 6.07) is -2.17. The predicted molar refractivity (Wildman–Crippen MR) is 68.3 cm³/mol. The molecule has 1 aliphatic rings. The highest BCUT2D eigenvalue weighted by Gasteiger charge is 2.30. The molecular formula is C12H20N2O6. The molecule has 2 atom stereocenters. The number of likely N-dealkylation sites (tertiary alicyclic amines) is 1. The number of aliphatic hydroxyl groups excluding tert-OH is 1. The number of aliphatic hydroxyl groups is 1. The summed E-state index contributed by atoms with van der Waals surface area (Å²) in [5.41, 5.74) is 0. The van der Waals surface area contributed by atoms with Gasteiger partial charge in [0, 0.05) is 19.2 Å². The van der Waals surface area contributed by atoms with Gasteiger partial charge >= 0.3 is 18.0 Å². The normalized spacial score (nSPS) is 20.2. The zero-order valence-electron chi connectivity index (χ0n) is 11.1. The number of piperidine rings is 1. The number of aliphatic carboxylic acids is 2. The van der Waals surface area contributed by atoms with Crippen molar-refractivity contribution in [2.75, 3.05) is 13.2 Å². The van der Waals surface area contributed by atoms with Crippen LogP contribution in [0.1, 0.15) is 32.1 Å². The van der Waals surface area contributed by atoms with E-state index >= 15 is 0 Å². The third-order valence-electron chi connectivity index (χ3n) is 3.32. The first kappa shape index (κ1) is 16.2. The van der Waals surface area contributed by atoms with E-state index < -0.39 is 30.4 Å². The lowest BCUT2D eigenvalue weighted by atomic mass is 10.00. The lowest BCUT2D eigenvalue weighted by molar-refractivity contribution is -0.145. The van der Waals surface area contributed by atoms with Gasteiger partial charge in [0.25, 0.3) is 0 Å². The number of carbonyl (C=O) groups excluding carboxylic acids is 1. The molecule has 1 heterocycles. The van der Waals surface area contributed by atoms with Gasteiger partial charge in [0.15, 0.2) is 0 Å². The summed E-state index contributed by atoms with van der Waals surface area (Å²) in [6.45, 7) is 0.432. The van der Waals surface area contributed by atoms with Gasteiger partial charge in [-0.15, -0.1) is 0 Å². The second-order valence-corrected chi connectivity index (χ2v) is 4.79. The molecule has 2 amide bonds. The van der Waals surface area contributed by atoms with Crippen LogP contribution < -0.4 is 5.32 Å². The summed E-state index contributed by atoms with van der Waals surface area (Å²) in [4.78, 5) is 35.0. The van der Waals surface area contributed by atoms with Crippen molar-refractivity contribution in [1.82, 2.24) is 10.2 Å². The first-order valence-electron chi connectivity index (χ1n) is 6.58. The Morgan fingerprint density at radius 2 is 1.95 bits per heavy atom. The van der Waals surface area contributed by atoms with Crippen LogP contribution in [0.2, 0.25) is 0 Å². The van der Waals surface area contributed by atoms with Gasteiger partial charge in [-0.05, 0) is 25.7 Å². The maximum atomic E-state index is 12.1. The molecule has 0 aromatic heterocycles. The van der Waals surface area contributed by atoms with E-state index in [1.165, 1.54) is 4.90 Å². The van der Waals surface area contributed by atoms with Gasteiger partial charge in [0.05, 0.1) is 6.42 Å². The molecule has 114 valence electrons. The van der Waals surface area contributed by atoms with Crippen molar-refractivity contribution in [2.24, 2.45) is 0 Å². The first-order valence-corrected chi connectivity index (χ1v) is 6.58. The lowest BCUT2D eigenvalue weighted by Gasteiger charge is -2.36. The van der Waals surface area contributed by atoms with Gasteiger partial charge in [-0.1, -0.05) is 0 Å². The van der Waals surface area contributed by atoms with Crippen LogP contribution in [0.15, 0.2) is 0 Å². The van der Waals surface area contributed by atoms with Crippen molar-refractivity contribution in [3.05, 3.63) is 0 Å². The SMILES string of the molecule is O=C(O)CC(NC(=O)N1CCCCC1CCO)C(=O)O. The topological polar surface area (TPSA) is 127 Å². The summed E-state index contributed by atoms with van der Waals surface area (Å²) in [7, 11) is 0. The Labute approximate surface area is 116 Å². The zero-order chi connectivity index (χ0) is 15.1. The van der Waals surface area contributed by atoms with Gasteiger partial charge in [-0.2, -0.15) is 0 Å². The molecule has 20 heavy (non-hydrogen) atoms. The van der Waals surface area contributed by atoms with Crippen LogP contribution in [0, 0.1) is 0 Å². The van der Waals surface area contributed by atoms with Crippen molar-refractivity contribution in [1.29, 1.82) is 0 Å². The summed E-state index contributed by atoms with van der Waals surface area (Å²) in [5, 5.41) is 28.7. The average Bonchev–Trinajstić information content (AvgIpc) is 2.38. The van der Waals surface area contributed by atoms with Crippen molar-refractivity contribution < 1.29 is 29.7 Å². The molecule has 1 aliphatic heterocycles. The molecule has 0 saturated carbocycles. The molecule has 2 unspecified atom stereocenters. The molecule has 0 bridgehead atoms. The number of urea groups is 1. The number of rotatable bonds is 6. The van der Waals surface area contributed by atoms with E-state index in [1.807, 2.05) is 0 Å². The van der Waals surface area contributed by atoms with Gasteiger partial charge in [0.1, 0.15) is 6.04 Å². The van der Waals surface area contributed by atoms with Crippen LogP contribution in [0.3, 0.4) is 0 Å². The first-order chi connectivity index (χ1) is 9.45. The van der Waals surface area contributed by atoms with E-state index in [0.29, 0.717) is 13.0 Å². The molecule has 0 aromatic carbocycles. The third kappa shape index (κ3) is 4.69. The van der Waals surface area contributed by atoms with Gasteiger partial charge in [0.2, 0.25) is 0 Å². The minimum atomic E-state index is -1.45. The number of hydrogen-bond donors (Lipinski definition) is 4. The fourth-order valence-corrected chi connectivity index (χ4v) is 2.32. The second kappa shape index (κ2) is 7.68. The third-order valence-corrected chi connectivity index (χ3v) is 3.32. The largest absolute Gasteiger partial charge is 0.481 e. The van der Waals surface area contributed by atoms with Crippen LogP contribution in [-0.2, 0) is 9.59 Å². The molecule has 0 spiro atoms. The summed E-state index contributed by atoms with van der Waals surface area (Å²) < 4.78 is 0. The minimum absolute atomic E-state index is 0.0497. The van der Waals surface area contributed by atoms with Crippen molar-refractivity contribution in [3.8, 4) is 0 Å². The summed E-state index contributed by atoms with van der Waals surface area (Å²) in [6.07, 6.45) is 2.28. The number of nitrogens with one attached hydrogen (secondary N) is 1. The summed E-state index contributed by atoms with van der Waals surface area (Å²) in [5.74, 6) is -2.67. The molecule has 4 N–H and O–H groups in total. The average molecular weight is 288 g/mol. The highest BCUT2D eigenvalue weighted by molar-refractivity contribution is 5.86. The molecule has 8 heteroatoms. The van der Waals surface area contributed by atoms with Gasteiger partial charge < -0.3 is 25.5 Å². The quantitative estimate of drug-likeness (QED) is 0.539.